The second-order valence-corrected chi connectivity index (χ2v) is 9.99. The molecule has 2 aromatic carbocycles. The van der Waals surface area contributed by atoms with E-state index in [0.29, 0.717) is 0 Å². The first kappa shape index (κ1) is 25.0. The summed E-state index contributed by atoms with van der Waals surface area (Å²) >= 11 is 0. The van der Waals surface area contributed by atoms with Crippen molar-refractivity contribution >= 4 is 15.9 Å². The maximum Gasteiger partial charge on any atom is 0.473 e. The van der Waals surface area contributed by atoms with Crippen molar-refractivity contribution in [3.05, 3.63) is 60.4 Å². The highest BCUT2D eigenvalue weighted by Crippen LogP contribution is 2.35. The molecule has 0 aromatic heterocycles. The van der Waals surface area contributed by atoms with Crippen LogP contribution in [-0.2, 0) is 14.8 Å². The van der Waals surface area contributed by atoms with Gasteiger partial charge in [0.25, 0.3) is 5.91 Å². The number of halogens is 4. The van der Waals surface area contributed by atoms with E-state index >= 15 is 0 Å². The number of carbonyl (C=O) groups excluding carboxylic acids is 1. The van der Waals surface area contributed by atoms with Crippen LogP contribution in [0.2, 0.25) is 0 Å². The van der Waals surface area contributed by atoms with Crippen molar-refractivity contribution in [3.63, 3.8) is 0 Å². The highest BCUT2D eigenvalue weighted by Gasteiger charge is 2.51. The molecular weight excluding hydrogens is 464 g/mol. The standard InChI is InChI=1S/C22H24F4N2O4S/c1-21(2,32-18-10-8-16(23)9-11-18)20(29)27-14-12-17(13-15-27)28(22(24,25)26)33(30,31)19-6-4-3-5-7-19/h3-11,17H,12-15H2,1-2H3. The van der Waals surface area contributed by atoms with Gasteiger partial charge in [-0.3, -0.25) is 4.79 Å². The van der Waals surface area contributed by atoms with Gasteiger partial charge in [0.05, 0.1) is 4.90 Å². The summed E-state index contributed by atoms with van der Waals surface area (Å²) in [5, 5.41) is 0. The molecule has 0 spiro atoms. The third-order valence-electron chi connectivity index (χ3n) is 5.33. The molecule has 6 nitrogen and oxygen atoms in total. The average Bonchev–Trinajstić information content (AvgIpc) is 2.75. The number of hydrogen-bond acceptors (Lipinski definition) is 4. The molecule has 1 saturated heterocycles. The number of piperidine rings is 1. The number of hydrogen-bond donors (Lipinski definition) is 0. The molecule has 1 aliphatic rings. The van der Waals surface area contributed by atoms with Crippen molar-refractivity contribution in [1.82, 2.24) is 9.21 Å². The summed E-state index contributed by atoms with van der Waals surface area (Å²) in [6, 6.07) is 10.2. The first-order valence-electron chi connectivity index (χ1n) is 10.2. The molecule has 0 saturated carbocycles. The van der Waals surface area contributed by atoms with Gasteiger partial charge in [-0.1, -0.05) is 18.2 Å². The Balaban J connectivity index is 1.72. The summed E-state index contributed by atoms with van der Waals surface area (Å²) in [6.07, 6.45) is -5.50. The molecule has 0 unspecified atom stereocenters. The third kappa shape index (κ3) is 5.64. The van der Waals surface area contributed by atoms with Gasteiger partial charge in [0.15, 0.2) is 5.60 Å². The Morgan fingerprint density at radius 2 is 1.55 bits per heavy atom. The van der Waals surface area contributed by atoms with Crippen molar-refractivity contribution in [2.45, 2.75) is 49.5 Å². The van der Waals surface area contributed by atoms with Gasteiger partial charge in [0.1, 0.15) is 11.6 Å². The van der Waals surface area contributed by atoms with Crippen LogP contribution in [0.4, 0.5) is 17.6 Å². The molecule has 33 heavy (non-hydrogen) atoms. The maximum absolute atomic E-state index is 13.8. The number of likely N-dealkylation sites (tertiary alicyclic amines) is 1. The molecule has 0 radical (unpaired) electrons. The summed E-state index contributed by atoms with van der Waals surface area (Å²) in [7, 11) is -4.82. The van der Waals surface area contributed by atoms with Gasteiger partial charge in [0, 0.05) is 19.1 Å². The zero-order chi connectivity index (χ0) is 24.4. The largest absolute Gasteiger partial charge is 0.478 e. The van der Waals surface area contributed by atoms with Crippen LogP contribution in [0, 0.1) is 5.82 Å². The molecule has 0 aliphatic carbocycles. The van der Waals surface area contributed by atoms with Crippen molar-refractivity contribution in [2.75, 3.05) is 13.1 Å². The fraction of sp³-hybridized carbons (Fsp3) is 0.409. The van der Waals surface area contributed by atoms with E-state index in [4.69, 9.17) is 4.74 Å². The molecule has 1 amide bonds. The maximum atomic E-state index is 13.8. The van der Waals surface area contributed by atoms with Crippen molar-refractivity contribution in [3.8, 4) is 5.75 Å². The van der Waals surface area contributed by atoms with Gasteiger partial charge in [0.2, 0.25) is 10.0 Å². The minimum Gasteiger partial charge on any atom is -0.478 e. The van der Waals surface area contributed by atoms with E-state index < -0.39 is 48.9 Å². The number of nitrogens with zero attached hydrogens (tertiary/aromatic N) is 2. The molecule has 180 valence electrons. The molecule has 0 bridgehead atoms. The summed E-state index contributed by atoms with van der Waals surface area (Å²) in [4.78, 5) is 13.9. The van der Waals surface area contributed by atoms with Gasteiger partial charge in [-0.2, -0.15) is 13.2 Å². The topological polar surface area (TPSA) is 66.9 Å². The number of sulfonamides is 1. The van der Waals surface area contributed by atoms with Crippen LogP contribution in [0.15, 0.2) is 59.5 Å². The molecular formula is C22H24F4N2O4S. The predicted molar refractivity (Wildman–Crippen MR) is 112 cm³/mol. The average molecular weight is 489 g/mol. The molecule has 0 atom stereocenters. The summed E-state index contributed by atoms with van der Waals surface area (Å²) < 4.78 is 85.3. The molecule has 0 N–H and O–H groups in total. The molecule has 3 rings (SSSR count). The molecule has 1 fully saturated rings. The third-order valence-corrected chi connectivity index (χ3v) is 7.23. The number of benzene rings is 2. The zero-order valence-electron chi connectivity index (χ0n) is 18.0. The number of rotatable bonds is 6. The fourth-order valence-corrected chi connectivity index (χ4v) is 5.37. The Hall–Kier alpha value is -2.66. The Morgan fingerprint density at radius 3 is 2.06 bits per heavy atom. The molecule has 1 heterocycles. The van der Waals surface area contributed by atoms with Crippen LogP contribution in [0.5, 0.6) is 5.75 Å². The van der Waals surface area contributed by atoms with Crippen molar-refractivity contribution in [2.24, 2.45) is 0 Å². The van der Waals surface area contributed by atoms with Gasteiger partial charge in [-0.15, -0.1) is 4.31 Å². The van der Waals surface area contributed by atoms with E-state index in [1.165, 1.54) is 61.2 Å². The highest BCUT2D eigenvalue weighted by atomic mass is 32.2. The van der Waals surface area contributed by atoms with E-state index in [1.54, 1.807) is 0 Å². The quantitative estimate of drug-likeness (QED) is 0.452. The van der Waals surface area contributed by atoms with Crippen LogP contribution in [0.25, 0.3) is 0 Å². The molecule has 2 aromatic rings. The zero-order valence-corrected chi connectivity index (χ0v) is 18.9. The van der Waals surface area contributed by atoms with Crippen LogP contribution in [0.1, 0.15) is 26.7 Å². The predicted octanol–water partition coefficient (Wildman–Crippen LogP) is 4.18. The number of ether oxygens (including phenoxy) is 1. The van der Waals surface area contributed by atoms with Gasteiger partial charge in [-0.05, 0) is 63.1 Å². The minimum atomic E-state index is -5.11. The number of carbonyl (C=O) groups is 1. The van der Waals surface area contributed by atoms with Gasteiger partial charge in [-0.25, -0.2) is 12.8 Å². The van der Waals surface area contributed by atoms with E-state index in [2.05, 4.69) is 0 Å². The second kappa shape index (κ2) is 9.30. The number of alkyl halides is 3. The second-order valence-electron chi connectivity index (χ2n) is 8.17. The summed E-state index contributed by atoms with van der Waals surface area (Å²) in [5.74, 6) is -0.662. The van der Waals surface area contributed by atoms with Crippen LogP contribution < -0.4 is 4.74 Å². The Kier molecular flexibility index (Phi) is 7.04. The number of amides is 1. The highest BCUT2D eigenvalue weighted by molar-refractivity contribution is 7.89. The van der Waals surface area contributed by atoms with Crippen molar-refractivity contribution < 1.29 is 35.5 Å². The Morgan fingerprint density at radius 1 is 1.00 bits per heavy atom. The van der Waals surface area contributed by atoms with Crippen LogP contribution in [0.3, 0.4) is 0 Å². The normalized spacial score (nSPS) is 16.2. The Labute approximate surface area is 189 Å². The molecule has 11 heteroatoms. The monoisotopic (exact) mass is 488 g/mol. The summed E-state index contributed by atoms with van der Waals surface area (Å²) in [6.45, 7) is 2.87. The summed E-state index contributed by atoms with van der Waals surface area (Å²) in [5.41, 5.74) is -1.36. The van der Waals surface area contributed by atoms with Crippen molar-refractivity contribution in [1.29, 1.82) is 0 Å². The lowest BCUT2D eigenvalue weighted by molar-refractivity contribution is -0.224. The minimum absolute atomic E-state index is 0.0728. The van der Waals surface area contributed by atoms with Gasteiger partial charge < -0.3 is 9.64 Å². The SMILES string of the molecule is CC(C)(Oc1ccc(F)cc1)C(=O)N1CCC(N(C(F)(F)F)S(=O)(=O)c2ccccc2)CC1. The first-order chi connectivity index (χ1) is 15.3. The fourth-order valence-electron chi connectivity index (χ4n) is 3.77. The van der Waals surface area contributed by atoms with E-state index in [0.717, 1.165) is 12.1 Å². The lowest BCUT2D eigenvalue weighted by atomic mass is 10.0. The smallest absolute Gasteiger partial charge is 0.473 e. The van der Waals surface area contributed by atoms with Crippen LogP contribution >= 0.6 is 0 Å². The van der Waals surface area contributed by atoms with E-state index in [1.807, 2.05) is 0 Å². The molecule has 1 aliphatic heterocycles. The van der Waals surface area contributed by atoms with Crippen LogP contribution in [-0.4, -0.2) is 54.6 Å². The first-order valence-corrected chi connectivity index (χ1v) is 11.7. The lowest BCUT2D eigenvalue weighted by Crippen LogP contribution is -2.56. The van der Waals surface area contributed by atoms with E-state index in [9.17, 15) is 30.8 Å². The Bertz CT molecular complexity index is 1070. The van der Waals surface area contributed by atoms with E-state index in [-0.39, 0.29) is 31.7 Å². The lowest BCUT2D eigenvalue weighted by Gasteiger charge is -2.40. The van der Waals surface area contributed by atoms with Gasteiger partial charge >= 0.3 is 6.30 Å².